The van der Waals surface area contributed by atoms with Crippen LogP contribution in [-0.4, -0.2) is 8.42 Å². The van der Waals surface area contributed by atoms with E-state index in [1.807, 2.05) is 19.9 Å². The first-order valence-corrected chi connectivity index (χ1v) is 12.1. The van der Waals surface area contributed by atoms with Crippen LogP contribution in [0.3, 0.4) is 0 Å². The van der Waals surface area contributed by atoms with Gasteiger partial charge in [0.15, 0.2) is 9.84 Å². The number of hydrogen-bond donors (Lipinski definition) is 1. The highest BCUT2D eigenvalue weighted by Gasteiger charge is 2.37. The maximum Gasteiger partial charge on any atom is 0.416 e. The van der Waals surface area contributed by atoms with Crippen LogP contribution < -0.4 is 5.32 Å². The van der Waals surface area contributed by atoms with Gasteiger partial charge in [0.05, 0.1) is 17.4 Å². The van der Waals surface area contributed by atoms with E-state index in [1.54, 1.807) is 18.2 Å². The lowest BCUT2D eigenvalue weighted by atomic mass is 9.73. The third kappa shape index (κ3) is 4.76. The van der Waals surface area contributed by atoms with E-state index in [4.69, 9.17) is 0 Å². The molecule has 0 fully saturated rings. The van der Waals surface area contributed by atoms with Crippen molar-refractivity contribution < 1.29 is 26.0 Å². The van der Waals surface area contributed by atoms with E-state index in [-0.39, 0.29) is 16.7 Å². The molecule has 1 heterocycles. The van der Waals surface area contributed by atoms with Crippen molar-refractivity contribution in [2.45, 2.75) is 48.5 Å². The second-order valence-electron chi connectivity index (χ2n) is 8.98. The first-order valence-electron chi connectivity index (χ1n) is 10.4. The molecule has 8 heteroatoms. The molecule has 0 spiro atoms. The first kappa shape index (κ1) is 23.3. The van der Waals surface area contributed by atoms with E-state index in [0.29, 0.717) is 23.2 Å². The van der Waals surface area contributed by atoms with Gasteiger partial charge >= 0.3 is 6.18 Å². The number of anilines is 1. The monoisotopic (exact) mass is 477 g/mol. The van der Waals surface area contributed by atoms with Crippen LogP contribution in [0.5, 0.6) is 0 Å². The minimum absolute atomic E-state index is 0.222. The van der Waals surface area contributed by atoms with Gasteiger partial charge < -0.3 is 5.32 Å². The van der Waals surface area contributed by atoms with Crippen LogP contribution in [0.4, 0.5) is 23.2 Å². The molecule has 0 aromatic heterocycles. The molecule has 1 aliphatic rings. The fraction of sp³-hybridized carbons (Fsp3) is 0.280. The molecule has 174 valence electrons. The summed E-state index contributed by atoms with van der Waals surface area (Å²) in [5.74, 6) is -1.15. The van der Waals surface area contributed by atoms with Crippen molar-refractivity contribution in [3.05, 3.63) is 94.8 Å². The van der Waals surface area contributed by atoms with Crippen LogP contribution in [0.2, 0.25) is 0 Å². The van der Waals surface area contributed by atoms with Gasteiger partial charge in [0.25, 0.3) is 0 Å². The topological polar surface area (TPSA) is 46.2 Å². The van der Waals surface area contributed by atoms with Crippen molar-refractivity contribution in [3.63, 3.8) is 0 Å². The Kier molecular flexibility index (Phi) is 5.76. The highest BCUT2D eigenvalue weighted by atomic mass is 32.2. The summed E-state index contributed by atoms with van der Waals surface area (Å²) in [5, 5.41) is 3.30. The maximum absolute atomic E-state index is 14.0. The zero-order valence-electron chi connectivity index (χ0n) is 18.1. The van der Waals surface area contributed by atoms with E-state index in [2.05, 4.69) is 5.32 Å². The summed E-state index contributed by atoms with van der Waals surface area (Å²) in [5.41, 5.74) is 1.31. The SMILES string of the molecule is CC1(C)CC(c2cccc(CS(=O)(=O)c3ccccc3F)c2)Nc2ccc(C(F)(F)F)cc21. The van der Waals surface area contributed by atoms with Crippen molar-refractivity contribution in [2.24, 2.45) is 0 Å². The zero-order chi connectivity index (χ0) is 24.0. The third-order valence-corrected chi connectivity index (χ3v) is 7.72. The summed E-state index contributed by atoms with van der Waals surface area (Å²) in [4.78, 5) is -0.346. The van der Waals surface area contributed by atoms with Crippen LogP contribution in [0.25, 0.3) is 0 Å². The summed E-state index contributed by atoms with van der Waals surface area (Å²) in [7, 11) is -3.88. The van der Waals surface area contributed by atoms with Gasteiger partial charge in [-0.25, -0.2) is 12.8 Å². The number of benzene rings is 3. The van der Waals surface area contributed by atoms with Gasteiger partial charge in [-0.05, 0) is 58.9 Å². The molecule has 1 unspecified atom stereocenters. The molecule has 1 atom stereocenters. The fourth-order valence-electron chi connectivity index (χ4n) is 4.36. The molecule has 1 aliphatic heterocycles. The van der Waals surface area contributed by atoms with Gasteiger partial charge in [-0.1, -0.05) is 50.2 Å². The number of hydrogen-bond acceptors (Lipinski definition) is 3. The predicted octanol–water partition coefficient (Wildman–Crippen LogP) is 6.65. The number of fused-ring (bicyclic) bond motifs is 1. The molecule has 0 saturated carbocycles. The van der Waals surface area contributed by atoms with Crippen LogP contribution in [0.15, 0.2) is 71.6 Å². The van der Waals surface area contributed by atoms with Crippen molar-refractivity contribution in [3.8, 4) is 0 Å². The minimum Gasteiger partial charge on any atom is -0.378 e. The molecule has 33 heavy (non-hydrogen) atoms. The van der Waals surface area contributed by atoms with Gasteiger partial charge in [-0.15, -0.1) is 0 Å². The zero-order valence-corrected chi connectivity index (χ0v) is 18.9. The average molecular weight is 478 g/mol. The Bertz CT molecular complexity index is 1300. The molecule has 3 aromatic rings. The Morgan fingerprint density at radius 2 is 1.73 bits per heavy atom. The molecule has 3 nitrogen and oxygen atoms in total. The Morgan fingerprint density at radius 3 is 2.42 bits per heavy atom. The number of rotatable bonds is 4. The third-order valence-electron chi connectivity index (χ3n) is 6.00. The molecule has 0 bridgehead atoms. The molecule has 0 aliphatic carbocycles. The van der Waals surface area contributed by atoms with E-state index < -0.39 is 32.8 Å². The second-order valence-corrected chi connectivity index (χ2v) is 10.9. The van der Waals surface area contributed by atoms with Gasteiger partial charge in [0.1, 0.15) is 10.7 Å². The normalized spacial score (nSPS) is 17.8. The highest BCUT2D eigenvalue weighted by Crippen LogP contribution is 2.46. The van der Waals surface area contributed by atoms with Crippen molar-refractivity contribution in [1.29, 1.82) is 0 Å². The number of nitrogens with one attached hydrogen (secondary N) is 1. The quantitative estimate of drug-likeness (QED) is 0.428. The van der Waals surface area contributed by atoms with E-state index in [1.165, 1.54) is 30.3 Å². The Labute approximate surface area is 190 Å². The van der Waals surface area contributed by atoms with Crippen LogP contribution in [-0.2, 0) is 27.2 Å². The van der Waals surface area contributed by atoms with Gasteiger partial charge in [-0.2, -0.15) is 13.2 Å². The maximum atomic E-state index is 14.0. The number of sulfone groups is 1. The average Bonchev–Trinajstić information content (AvgIpc) is 2.72. The minimum atomic E-state index is -4.42. The summed E-state index contributed by atoms with van der Waals surface area (Å²) < 4.78 is 79.1. The molecule has 3 aromatic carbocycles. The largest absolute Gasteiger partial charge is 0.416 e. The molecule has 1 N–H and O–H groups in total. The highest BCUT2D eigenvalue weighted by molar-refractivity contribution is 7.90. The van der Waals surface area contributed by atoms with Gasteiger partial charge in [0, 0.05) is 5.69 Å². The lowest BCUT2D eigenvalue weighted by Gasteiger charge is -2.39. The lowest BCUT2D eigenvalue weighted by molar-refractivity contribution is -0.137. The van der Waals surface area contributed by atoms with Crippen LogP contribution >= 0.6 is 0 Å². The second kappa shape index (κ2) is 8.17. The predicted molar refractivity (Wildman–Crippen MR) is 119 cm³/mol. The van der Waals surface area contributed by atoms with Gasteiger partial charge in [-0.3, -0.25) is 0 Å². The summed E-state index contributed by atoms with van der Waals surface area (Å²) >= 11 is 0. The smallest absolute Gasteiger partial charge is 0.378 e. The first-order chi connectivity index (χ1) is 15.4. The van der Waals surface area contributed by atoms with Crippen LogP contribution in [0, 0.1) is 5.82 Å². The Hall–Kier alpha value is -2.87. The van der Waals surface area contributed by atoms with Crippen molar-refractivity contribution in [2.75, 3.05) is 5.32 Å². The summed E-state index contributed by atoms with van der Waals surface area (Å²) in [6.07, 6.45) is -3.90. The number of halogens is 4. The van der Waals surface area contributed by atoms with Crippen molar-refractivity contribution >= 4 is 15.5 Å². The van der Waals surface area contributed by atoms with Crippen molar-refractivity contribution in [1.82, 2.24) is 0 Å². The standard InChI is InChI=1S/C25H23F4NO2S/c1-24(2)14-22(30-21-11-10-18(13-19(21)24)25(27,28)29)17-7-5-6-16(12-17)15-33(31,32)23-9-4-3-8-20(23)26/h3-13,22,30H,14-15H2,1-2H3. The molecule has 0 saturated heterocycles. The lowest BCUT2D eigenvalue weighted by Crippen LogP contribution is -2.31. The Balaban J connectivity index is 1.63. The van der Waals surface area contributed by atoms with E-state index >= 15 is 0 Å². The van der Waals surface area contributed by atoms with Crippen LogP contribution in [0.1, 0.15) is 48.6 Å². The Morgan fingerprint density at radius 1 is 1.00 bits per heavy atom. The van der Waals surface area contributed by atoms with E-state index in [0.717, 1.165) is 17.7 Å². The molecule has 0 radical (unpaired) electrons. The summed E-state index contributed by atoms with van der Waals surface area (Å²) in [6, 6.07) is 15.7. The fourth-order valence-corrected chi connectivity index (χ4v) is 5.79. The van der Waals surface area contributed by atoms with E-state index in [9.17, 15) is 26.0 Å². The molecule has 0 amide bonds. The number of alkyl halides is 3. The van der Waals surface area contributed by atoms with Gasteiger partial charge in [0.2, 0.25) is 0 Å². The summed E-state index contributed by atoms with van der Waals surface area (Å²) in [6.45, 7) is 3.79. The molecule has 4 rings (SSSR count). The molecular weight excluding hydrogens is 454 g/mol. The molecular formula is C25H23F4NO2S.